The molecule has 0 aromatic heterocycles. The molecule has 3 N–H and O–H groups in total. The predicted molar refractivity (Wildman–Crippen MR) is 61.1 cm³/mol. The summed E-state index contributed by atoms with van der Waals surface area (Å²) in [5, 5.41) is 11.6. The topological polar surface area (TPSA) is 87.7 Å². The molecule has 98 valence electrons. The molecule has 17 heavy (non-hydrogen) atoms. The van der Waals surface area contributed by atoms with Crippen LogP contribution in [0.3, 0.4) is 0 Å². The maximum Gasteiger partial charge on any atom is 0.332 e. The van der Waals surface area contributed by atoms with Crippen molar-refractivity contribution in [2.45, 2.75) is 26.7 Å². The van der Waals surface area contributed by atoms with Crippen molar-refractivity contribution in [1.29, 1.82) is 0 Å². The van der Waals surface area contributed by atoms with E-state index in [-0.39, 0.29) is 11.8 Å². The number of hydrogen-bond donors (Lipinski definition) is 3. The van der Waals surface area contributed by atoms with Gasteiger partial charge in [0.05, 0.1) is 0 Å². The van der Waals surface area contributed by atoms with E-state index in [1.165, 1.54) is 0 Å². The Hall–Kier alpha value is -1.14. The Balaban J connectivity index is 2.44. The van der Waals surface area contributed by atoms with Crippen LogP contribution in [0.5, 0.6) is 0 Å². The standard InChI is InChI=1S/C11H20N2O4/c1-11(2,8-4-3-5-12-6-8)10(16)13-17-7-9(14)15/h8,12H,3-7H2,1-2H3,(H,13,16)(H,14,15). The molecule has 6 heteroatoms. The summed E-state index contributed by atoms with van der Waals surface area (Å²) in [6, 6.07) is 0. The molecule has 0 spiro atoms. The van der Waals surface area contributed by atoms with Crippen LogP contribution in [0.25, 0.3) is 0 Å². The second-order valence-electron chi connectivity index (χ2n) is 4.88. The van der Waals surface area contributed by atoms with Gasteiger partial charge in [0.25, 0.3) is 0 Å². The summed E-state index contributed by atoms with van der Waals surface area (Å²) in [5.74, 6) is -1.14. The third-order valence-corrected chi connectivity index (χ3v) is 3.26. The van der Waals surface area contributed by atoms with Crippen LogP contribution in [-0.2, 0) is 14.4 Å². The van der Waals surface area contributed by atoms with E-state index in [1.807, 2.05) is 13.8 Å². The van der Waals surface area contributed by atoms with Crippen molar-refractivity contribution in [1.82, 2.24) is 10.8 Å². The van der Waals surface area contributed by atoms with E-state index in [9.17, 15) is 9.59 Å². The molecular formula is C11H20N2O4. The summed E-state index contributed by atoms with van der Waals surface area (Å²) in [5.41, 5.74) is 1.64. The van der Waals surface area contributed by atoms with Crippen LogP contribution < -0.4 is 10.8 Å². The van der Waals surface area contributed by atoms with Gasteiger partial charge < -0.3 is 10.4 Å². The number of aliphatic carboxylic acids is 1. The number of carbonyl (C=O) groups is 2. The highest BCUT2D eigenvalue weighted by atomic mass is 16.7. The number of carbonyl (C=O) groups excluding carboxylic acids is 1. The first kappa shape index (κ1) is 13.9. The zero-order valence-corrected chi connectivity index (χ0v) is 10.3. The smallest absolute Gasteiger partial charge is 0.332 e. The number of hydroxylamine groups is 1. The summed E-state index contributed by atoms with van der Waals surface area (Å²) < 4.78 is 0. The molecule has 0 radical (unpaired) electrons. The third kappa shape index (κ3) is 3.98. The normalized spacial score (nSPS) is 20.9. The molecule has 1 aliphatic rings. The Kier molecular flexibility index (Phi) is 4.89. The predicted octanol–water partition coefficient (Wildman–Crippen LogP) is 0.145. The first-order valence-electron chi connectivity index (χ1n) is 5.79. The zero-order valence-electron chi connectivity index (χ0n) is 10.3. The van der Waals surface area contributed by atoms with E-state index >= 15 is 0 Å². The fraction of sp³-hybridized carbons (Fsp3) is 0.818. The fourth-order valence-corrected chi connectivity index (χ4v) is 1.95. The average molecular weight is 244 g/mol. The highest BCUT2D eigenvalue weighted by Gasteiger charge is 2.37. The molecule has 1 atom stereocenters. The van der Waals surface area contributed by atoms with Crippen LogP contribution in [0.4, 0.5) is 0 Å². The summed E-state index contributed by atoms with van der Waals surface area (Å²) in [6.45, 7) is 4.97. The Bertz CT molecular complexity index is 285. The number of rotatable bonds is 5. The van der Waals surface area contributed by atoms with Gasteiger partial charge in [-0.25, -0.2) is 10.3 Å². The second kappa shape index (κ2) is 5.97. The van der Waals surface area contributed by atoms with E-state index in [0.29, 0.717) is 0 Å². The molecule has 0 aromatic rings. The lowest BCUT2D eigenvalue weighted by atomic mass is 9.74. The van der Waals surface area contributed by atoms with E-state index < -0.39 is 18.0 Å². The maximum atomic E-state index is 11.9. The molecule has 0 bridgehead atoms. The minimum Gasteiger partial charge on any atom is -0.479 e. The Morgan fingerprint density at radius 3 is 2.76 bits per heavy atom. The lowest BCUT2D eigenvalue weighted by molar-refractivity contribution is -0.154. The van der Waals surface area contributed by atoms with Gasteiger partial charge in [0.1, 0.15) is 0 Å². The van der Waals surface area contributed by atoms with Crippen LogP contribution in [-0.4, -0.2) is 36.7 Å². The van der Waals surface area contributed by atoms with Crippen LogP contribution in [0.2, 0.25) is 0 Å². The molecule has 1 amide bonds. The van der Waals surface area contributed by atoms with E-state index in [4.69, 9.17) is 5.11 Å². The van der Waals surface area contributed by atoms with Crippen molar-refractivity contribution < 1.29 is 19.5 Å². The molecule has 1 rings (SSSR count). The van der Waals surface area contributed by atoms with Gasteiger partial charge in [-0.3, -0.25) is 9.63 Å². The van der Waals surface area contributed by atoms with Gasteiger partial charge in [-0.15, -0.1) is 0 Å². The monoisotopic (exact) mass is 244 g/mol. The third-order valence-electron chi connectivity index (χ3n) is 3.26. The summed E-state index contributed by atoms with van der Waals surface area (Å²) >= 11 is 0. The zero-order chi connectivity index (χ0) is 12.9. The Morgan fingerprint density at radius 1 is 1.53 bits per heavy atom. The number of amides is 1. The highest BCUT2D eigenvalue weighted by Crippen LogP contribution is 2.31. The first-order valence-corrected chi connectivity index (χ1v) is 5.79. The molecular weight excluding hydrogens is 224 g/mol. The molecule has 0 saturated carbocycles. The molecule has 1 heterocycles. The number of hydrogen-bond acceptors (Lipinski definition) is 4. The molecule has 1 fully saturated rings. The lowest BCUT2D eigenvalue weighted by Crippen LogP contribution is -2.47. The summed E-state index contributed by atoms with van der Waals surface area (Å²) in [4.78, 5) is 26.7. The molecule has 1 aliphatic heterocycles. The minimum absolute atomic E-state index is 0.240. The number of carboxylic acid groups (broad SMARTS) is 1. The van der Waals surface area contributed by atoms with Gasteiger partial charge in [-0.2, -0.15) is 0 Å². The quantitative estimate of drug-likeness (QED) is 0.599. The number of nitrogens with one attached hydrogen (secondary N) is 2. The van der Waals surface area contributed by atoms with E-state index in [0.717, 1.165) is 25.9 Å². The van der Waals surface area contributed by atoms with Crippen molar-refractivity contribution in [3.63, 3.8) is 0 Å². The SMILES string of the molecule is CC(C)(C(=O)NOCC(=O)O)C1CCCNC1. The lowest BCUT2D eigenvalue weighted by Gasteiger charge is -2.35. The van der Waals surface area contributed by atoms with Gasteiger partial charge in [0, 0.05) is 5.41 Å². The van der Waals surface area contributed by atoms with Gasteiger partial charge in [0.15, 0.2) is 6.61 Å². The number of carboxylic acids is 1. The largest absolute Gasteiger partial charge is 0.479 e. The van der Waals surface area contributed by atoms with Crippen molar-refractivity contribution in [3.05, 3.63) is 0 Å². The van der Waals surface area contributed by atoms with Gasteiger partial charge in [-0.1, -0.05) is 13.8 Å². The van der Waals surface area contributed by atoms with Crippen molar-refractivity contribution in [2.24, 2.45) is 11.3 Å². The molecule has 0 aromatic carbocycles. The Labute approximate surface area is 101 Å². The molecule has 0 aliphatic carbocycles. The fourth-order valence-electron chi connectivity index (χ4n) is 1.95. The number of piperidine rings is 1. The summed E-state index contributed by atoms with van der Waals surface area (Å²) in [6.07, 6.45) is 2.05. The van der Waals surface area contributed by atoms with Crippen LogP contribution >= 0.6 is 0 Å². The minimum atomic E-state index is -1.11. The molecule has 1 saturated heterocycles. The molecule has 1 unspecified atom stereocenters. The van der Waals surface area contributed by atoms with Crippen LogP contribution in [0.1, 0.15) is 26.7 Å². The van der Waals surface area contributed by atoms with Crippen LogP contribution in [0, 0.1) is 11.3 Å². The maximum absolute atomic E-state index is 11.9. The highest BCUT2D eigenvalue weighted by molar-refractivity contribution is 5.81. The van der Waals surface area contributed by atoms with E-state index in [1.54, 1.807) is 0 Å². The van der Waals surface area contributed by atoms with Crippen LogP contribution in [0.15, 0.2) is 0 Å². The van der Waals surface area contributed by atoms with Crippen molar-refractivity contribution in [3.8, 4) is 0 Å². The van der Waals surface area contributed by atoms with E-state index in [2.05, 4.69) is 15.6 Å². The first-order chi connectivity index (χ1) is 7.94. The van der Waals surface area contributed by atoms with Crippen molar-refractivity contribution in [2.75, 3.05) is 19.7 Å². The Morgan fingerprint density at radius 2 is 2.24 bits per heavy atom. The average Bonchev–Trinajstić information content (AvgIpc) is 2.29. The van der Waals surface area contributed by atoms with Gasteiger partial charge in [0.2, 0.25) is 5.91 Å². The second-order valence-corrected chi connectivity index (χ2v) is 4.88. The summed E-state index contributed by atoms with van der Waals surface area (Å²) in [7, 11) is 0. The molecule has 6 nitrogen and oxygen atoms in total. The van der Waals surface area contributed by atoms with Gasteiger partial charge >= 0.3 is 5.97 Å². The van der Waals surface area contributed by atoms with Gasteiger partial charge in [-0.05, 0) is 31.8 Å². The van der Waals surface area contributed by atoms with Crippen molar-refractivity contribution >= 4 is 11.9 Å².